The molecule has 178 valence electrons. The van der Waals surface area contributed by atoms with Crippen molar-refractivity contribution in [1.82, 2.24) is 19.4 Å². The molecule has 0 spiro atoms. The number of ether oxygens (including phenoxy) is 1. The first-order chi connectivity index (χ1) is 15.8. The molecule has 0 bridgehead atoms. The third-order valence-corrected chi connectivity index (χ3v) is 7.43. The zero-order chi connectivity index (χ0) is 23.8. The summed E-state index contributed by atoms with van der Waals surface area (Å²) in [5, 5.41) is 2.76. The average Bonchev–Trinajstić information content (AvgIpc) is 2.84. The van der Waals surface area contributed by atoms with E-state index in [4.69, 9.17) is 4.74 Å². The summed E-state index contributed by atoms with van der Waals surface area (Å²) in [5.41, 5.74) is 1.02. The van der Waals surface area contributed by atoms with E-state index in [1.807, 2.05) is 30.3 Å². The van der Waals surface area contributed by atoms with Gasteiger partial charge in [0.25, 0.3) is 0 Å². The van der Waals surface area contributed by atoms with Crippen LogP contribution in [0.15, 0.2) is 59.5 Å². The van der Waals surface area contributed by atoms with Crippen LogP contribution in [0.2, 0.25) is 0 Å². The van der Waals surface area contributed by atoms with E-state index >= 15 is 0 Å². The molecule has 1 N–H and O–H groups in total. The Labute approximate surface area is 195 Å². The van der Waals surface area contributed by atoms with Crippen molar-refractivity contribution in [3.8, 4) is 5.75 Å². The van der Waals surface area contributed by atoms with E-state index in [-0.39, 0.29) is 42.9 Å². The van der Waals surface area contributed by atoms with E-state index in [9.17, 15) is 18.0 Å². The van der Waals surface area contributed by atoms with Crippen molar-refractivity contribution < 1.29 is 22.7 Å². The Morgan fingerprint density at radius 3 is 2.24 bits per heavy atom. The molecule has 33 heavy (non-hydrogen) atoms. The molecular formula is C23H30N4O5S. The molecule has 0 unspecified atom stereocenters. The van der Waals surface area contributed by atoms with Crippen molar-refractivity contribution in [1.29, 1.82) is 0 Å². The molecule has 3 amide bonds. The Kier molecular flexibility index (Phi) is 8.29. The Bertz CT molecular complexity index is 1040. The summed E-state index contributed by atoms with van der Waals surface area (Å²) in [4.78, 5) is 28.2. The van der Waals surface area contributed by atoms with E-state index in [1.165, 1.54) is 23.5 Å². The number of methoxy groups -OCH3 is 1. The van der Waals surface area contributed by atoms with Crippen molar-refractivity contribution in [2.24, 2.45) is 0 Å². The van der Waals surface area contributed by atoms with Crippen LogP contribution in [-0.2, 0) is 21.4 Å². The molecule has 10 heteroatoms. The van der Waals surface area contributed by atoms with Crippen molar-refractivity contribution in [3.63, 3.8) is 0 Å². The van der Waals surface area contributed by atoms with E-state index in [1.54, 1.807) is 29.0 Å². The summed E-state index contributed by atoms with van der Waals surface area (Å²) in [6.45, 7) is 1.79. The summed E-state index contributed by atoms with van der Waals surface area (Å²) in [6.07, 6.45) is 0.163. The molecule has 0 radical (unpaired) electrons. The Morgan fingerprint density at radius 1 is 1.00 bits per heavy atom. The number of rotatable bonds is 8. The van der Waals surface area contributed by atoms with Gasteiger partial charge in [0.05, 0.1) is 12.0 Å². The van der Waals surface area contributed by atoms with Crippen LogP contribution < -0.4 is 10.1 Å². The highest BCUT2D eigenvalue weighted by Crippen LogP contribution is 2.20. The predicted molar refractivity (Wildman–Crippen MR) is 124 cm³/mol. The molecule has 3 rings (SSSR count). The maximum absolute atomic E-state index is 12.8. The zero-order valence-electron chi connectivity index (χ0n) is 18.9. The highest BCUT2D eigenvalue weighted by atomic mass is 32.2. The lowest BCUT2D eigenvalue weighted by Gasteiger charge is -2.34. The van der Waals surface area contributed by atoms with Gasteiger partial charge in [-0.1, -0.05) is 30.3 Å². The Balaban J connectivity index is 1.42. The highest BCUT2D eigenvalue weighted by Gasteiger charge is 2.30. The molecule has 2 aromatic rings. The predicted octanol–water partition coefficient (Wildman–Crippen LogP) is 1.76. The maximum atomic E-state index is 12.8. The Hall–Kier alpha value is -3.11. The van der Waals surface area contributed by atoms with Crippen molar-refractivity contribution >= 4 is 22.0 Å². The van der Waals surface area contributed by atoms with Gasteiger partial charge in [-0.05, 0) is 29.8 Å². The lowest BCUT2D eigenvalue weighted by molar-refractivity contribution is -0.132. The summed E-state index contributed by atoms with van der Waals surface area (Å²) in [7, 11) is -0.399. The molecule has 1 aliphatic rings. The number of nitrogens with one attached hydrogen (secondary N) is 1. The van der Waals surface area contributed by atoms with Crippen molar-refractivity contribution in [2.45, 2.75) is 17.9 Å². The number of hydrogen-bond acceptors (Lipinski definition) is 5. The smallest absolute Gasteiger partial charge is 0.317 e. The zero-order valence-corrected chi connectivity index (χ0v) is 19.8. The minimum Gasteiger partial charge on any atom is -0.497 e. The minimum atomic E-state index is -3.62. The van der Waals surface area contributed by atoms with E-state index < -0.39 is 10.0 Å². The molecule has 2 aromatic carbocycles. The molecule has 0 aliphatic carbocycles. The molecule has 0 aromatic heterocycles. The largest absolute Gasteiger partial charge is 0.497 e. The number of nitrogens with zero attached hydrogens (tertiary/aromatic N) is 3. The first-order valence-electron chi connectivity index (χ1n) is 10.8. The second-order valence-electron chi connectivity index (χ2n) is 7.78. The highest BCUT2D eigenvalue weighted by molar-refractivity contribution is 7.89. The molecule has 0 saturated carbocycles. The van der Waals surface area contributed by atoms with Crippen molar-refractivity contribution in [3.05, 3.63) is 60.2 Å². The average molecular weight is 475 g/mol. The topological polar surface area (TPSA) is 99.3 Å². The van der Waals surface area contributed by atoms with E-state index in [2.05, 4.69) is 5.32 Å². The second kappa shape index (κ2) is 11.2. The van der Waals surface area contributed by atoms with Gasteiger partial charge in [0.1, 0.15) is 5.75 Å². The van der Waals surface area contributed by atoms with Crippen LogP contribution in [0.5, 0.6) is 5.75 Å². The summed E-state index contributed by atoms with van der Waals surface area (Å²) < 4.78 is 32.1. The molecule has 9 nitrogen and oxygen atoms in total. The van der Waals surface area contributed by atoms with Gasteiger partial charge in [0.15, 0.2) is 0 Å². The van der Waals surface area contributed by atoms with E-state index in [0.29, 0.717) is 25.4 Å². The second-order valence-corrected chi connectivity index (χ2v) is 9.72. The number of piperazine rings is 1. The van der Waals surface area contributed by atoms with Gasteiger partial charge in [-0.2, -0.15) is 4.31 Å². The van der Waals surface area contributed by atoms with Crippen LogP contribution in [0.1, 0.15) is 12.0 Å². The normalized spacial score (nSPS) is 14.5. The monoisotopic (exact) mass is 474 g/mol. The standard InChI is InChI=1S/C23H30N4O5S/c1-25(18-19-6-4-3-5-7-19)23(29)24-13-12-22(28)26-14-16-27(17-15-26)33(30,31)21-10-8-20(32-2)9-11-21/h3-11H,12-18H2,1-2H3,(H,24,29). The molecule has 1 saturated heterocycles. The molecule has 0 atom stereocenters. The quantitative estimate of drug-likeness (QED) is 0.629. The van der Waals surface area contributed by atoms with Gasteiger partial charge in [0.2, 0.25) is 15.9 Å². The van der Waals surface area contributed by atoms with Crippen LogP contribution in [0, 0.1) is 0 Å². The number of hydrogen-bond donors (Lipinski definition) is 1. The third-order valence-electron chi connectivity index (χ3n) is 5.51. The number of carbonyl (C=O) groups is 2. The number of amides is 3. The van der Waals surface area contributed by atoms with Gasteiger partial charge in [-0.3, -0.25) is 4.79 Å². The summed E-state index contributed by atoms with van der Waals surface area (Å²) in [6, 6.07) is 15.7. The number of urea groups is 1. The fourth-order valence-corrected chi connectivity index (χ4v) is 5.00. The van der Waals surface area contributed by atoms with E-state index in [0.717, 1.165) is 5.56 Å². The number of carbonyl (C=O) groups excluding carboxylic acids is 2. The van der Waals surface area contributed by atoms with Crippen LogP contribution in [0.3, 0.4) is 0 Å². The fraction of sp³-hybridized carbons (Fsp3) is 0.391. The van der Waals surface area contributed by atoms with Gasteiger partial charge in [-0.15, -0.1) is 0 Å². The van der Waals surface area contributed by atoms with Gasteiger partial charge >= 0.3 is 6.03 Å². The van der Waals surface area contributed by atoms with Gasteiger partial charge in [-0.25, -0.2) is 13.2 Å². The number of sulfonamides is 1. The molecule has 1 fully saturated rings. The maximum Gasteiger partial charge on any atom is 0.317 e. The van der Waals surface area contributed by atoms with Gasteiger partial charge in [0, 0.05) is 52.7 Å². The summed E-state index contributed by atoms with van der Waals surface area (Å²) >= 11 is 0. The first-order valence-corrected chi connectivity index (χ1v) is 12.2. The molecular weight excluding hydrogens is 444 g/mol. The van der Waals surface area contributed by atoms with Crippen LogP contribution in [-0.4, -0.2) is 81.3 Å². The number of benzene rings is 2. The van der Waals surface area contributed by atoms with Gasteiger partial charge < -0.3 is 19.9 Å². The van der Waals surface area contributed by atoms with Crippen LogP contribution in [0.25, 0.3) is 0 Å². The Morgan fingerprint density at radius 2 is 1.64 bits per heavy atom. The summed E-state index contributed by atoms with van der Waals surface area (Å²) in [5.74, 6) is 0.477. The lowest BCUT2D eigenvalue weighted by atomic mass is 10.2. The van der Waals surface area contributed by atoms with Crippen molar-refractivity contribution in [2.75, 3.05) is 46.9 Å². The SMILES string of the molecule is COc1ccc(S(=O)(=O)N2CCN(C(=O)CCNC(=O)N(C)Cc3ccccc3)CC2)cc1. The fourth-order valence-electron chi connectivity index (χ4n) is 3.57. The third kappa shape index (κ3) is 6.45. The van der Waals surface area contributed by atoms with Crippen LogP contribution >= 0.6 is 0 Å². The molecule has 1 heterocycles. The molecule has 1 aliphatic heterocycles. The minimum absolute atomic E-state index is 0.109. The first kappa shape index (κ1) is 24.5. The lowest BCUT2D eigenvalue weighted by Crippen LogP contribution is -2.51. The van der Waals surface area contributed by atoms with Crippen LogP contribution in [0.4, 0.5) is 4.79 Å².